The summed E-state index contributed by atoms with van der Waals surface area (Å²) in [6.07, 6.45) is 11.4. The summed E-state index contributed by atoms with van der Waals surface area (Å²) in [5.74, 6) is -2.15. The van der Waals surface area contributed by atoms with E-state index in [1.54, 1.807) is 20.1 Å². The van der Waals surface area contributed by atoms with E-state index in [9.17, 15) is 15.0 Å². The Hall–Kier alpha value is -2.56. The van der Waals surface area contributed by atoms with Gasteiger partial charge in [-0.2, -0.15) is 0 Å². The number of hydrogen-bond acceptors (Lipinski definition) is 9. The van der Waals surface area contributed by atoms with Crippen LogP contribution in [-0.2, 0) is 28.6 Å². The van der Waals surface area contributed by atoms with Crippen LogP contribution in [-0.4, -0.2) is 77.5 Å². The van der Waals surface area contributed by atoms with E-state index in [-0.39, 0.29) is 30.7 Å². The predicted molar refractivity (Wildman–Crippen MR) is 176 cm³/mol. The summed E-state index contributed by atoms with van der Waals surface area (Å²) < 4.78 is 26.0. The molecule has 4 aliphatic heterocycles. The largest absolute Gasteiger partial charge is 0.462 e. The Morgan fingerprint density at radius 2 is 1.96 bits per heavy atom. The van der Waals surface area contributed by atoms with Crippen molar-refractivity contribution in [3.05, 3.63) is 58.7 Å². The minimum absolute atomic E-state index is 0.0340. The van der Waals surface area contributed by atoms with E-state index in [2.05, 4.69) is 64.9 Å². The topological polar surface area (TPSA) is 116 Å². The predicted octanol–water partition coefficient (Wildman–Crippen LogP) is 5.73. The Morgan fingerprint density at radius 3 is 2.67 bits per heavy atom. The third-order valence-electron chi connectivity index (χ3n) is 10.1. The molecule has 46 heavy (non-hydrogen) atoms. The van der Waals surface area contributed by atoms with Crippen LogP contribution in [0.2, 0.25) is 0 Å². The Kier molecular flexibility index (Phi) is 10.5. The Morgan fingerprint density at radius 1 is 1.20 bits per heavy atom. The molecule has 0 radical (unpaired) electrons. The van der Waals surface area contributed by atoms with Crippen LogP contribution in [0.3, 0.4) is 0 Å². The quantitative estimate of drug-likeness (QED) is 0.229. The summed E-state index contributed by atoms with van der Waals surface area (Å²) in [6.45, 7) is 14.6. The molecule has 0 aromatic rings. The van der Waals surface area contributed by atoms with Gasteiger partial charge in [0.25, 0.3) is 0 Å². The van der Waals surface area contributed by atoms with Gasteiger partial charge in [-0.1, -0.05) is 74.9 Å². The van der Waals surface area contributed by atoms with Crippen molar-refractivity contribution in [2.75, 3.05) is 13.7 Å². The Bertz CT molecular complexity index is 1340. The molecule has 10 atom stereocenters. The monoisotopic (exact) mass is 639 g/mol. The number of hydrogen-bond donors (Lipinski definition) is 2. The molecule has 5 aliphatic rings. The number of ether oxygens (including phenoxy) is 4. The first-order valence-electron chi connectivity index (χ1n) is 16.8. The molecule has 1 aliphatic carbocycles. The van der Waals surface area contributed by atoms with E-state index in [4.69, 9.17) is 23.8 Å². The minimum atomic E-state index is -1.74. The van der Waals surface area contributed by atoms with Gasteiger partial charge in [-0.3, -0.25) is 4.79 Å². The molecule has 9 heteroatoms. The van der Waals surface area contributed by atoms with Crippen molar-refractivity contribution in [1.82, 2.24) is 0 Å². The van der Waals surface area contributed by atoms with Gasteiger partial charge < -0.3 is 34.0 Å². The number of nitrogens with zero attached hydrogens (tertiary/aromatic N) is 1. The van der Waals surface area contributed by atoms with E-state index >= 15 is 0 Å². The molecule has 0 aromatic carbocycles. The third-order valence-corrected chi connectivity index (χ3v) is 10.1. The van der Waals surface area contributed by atoms with Gasteiger partial charge in [0.05, 0.1) is 24.5 Å². The maximum absolute atomic E-state index is 14.2. The average Bonchev–Trinajstić information content (AvgIpc) is 3.31. The number of aliphatic hydroxyl groups is 2. The van der Waals surface area contributed by atoms with Crippen molar-refractivity contribution in [3.8, 4) is 0 Å². The third kappa shape index (κ3) is 6.99. The van der Waals surface area contributed by atoms with Crippen LogP contribution in [0, 0.1) is 23.7 Å². The van der Waals surface area contributed by atoms with Crippen LogP contribution >= 0.6 is 0 Å². The zero-order valence-corrected chi connectivity index (χ0v) is 28.7. The van der Waals surface area contributed by atoms with Crippen LogP contribution in [0.5, 0.6) is 0 Å². The van der Waals surface area contributed by atoms with Gasteiger partial charge in [0.2, 0.25) is 0 Å². The molecule has 1 spiro atoms. The highest BCUT2D eigenvalue weighted by Gasteiger charge is 2.60. The lowest BCUT2D eigenvalue weighted by Gasteiger charge is -2.50. The summed E-state index contributed by atoms with van der Waals surface area (Å²) in [4.78, 5) is 19.4. The molecule has 2 N–H and O–H groups in total. The standard InChI is InChI=1S/C37H53NO8/c1-21(2)14-25(6)33-26(7)31(38-42-8)19-36(46-33)18-29-17-28(45-36)13-12-23(4)15-22(3)10-9-11-27-20-43-34-32(39)24(5)16-30(35(40)44-29)37(27,34)41/h9-12,14,16,21-22,26,28-30,32-34,39,41H,13,15,17-20H2,1-8H3/b10-9+,23-12+,25-14+,27-11+,38-31-/t22-,26-,28+,29-,30-,32+,33+,34-,36-,37+/m0/s1. The number of allylic oxidation sites excluding steroid dienone is 5. The fourth-order valence-electron chi connectivity index (χ4n) is 7.94. The number of carbonyl (C=O) groups excluding carboxylic acids is 1. The number of oxime groups is 1. The molecular weight excluding hydrogens is 586 g/mol. The lowest BCUT2D eigenvalue weighted by Crippen LogP contribution is -2.59. The van der Waals surface area contributed by atoms with E-state index in [1.807, 2.05) is 12.2 Å². The van der Waals surface area contributed by atoms with E-state index < -0.39 is 41.6 Å². The first-order valence-corrected chi connectivity index (χ1v) is 16.8. The van der Waals surface area contributed by atoms with Crippen molar-refractivity contribution in [1.29, 1.82) is 0 Å². The van der Waals surface area contributed by atoms with Crippen molar-refractivity contribution < 1.29 is 38.8 Å². The number of carbonyl (C=O) groups is 1. The van der Waals surface area contributed by atoms with Gasteiger partial charge in [0.15, 0.2) is 5.79 Å². The highest BCUT2D eigenvalue weighted by atomic mass is 16.7. The maximum Gasteiger partial charge on any atom is 0.316 e. The van der Waals surface area contributed by atoms with E-state index in [1.165, 1.54) is 5.57 Å². The molecule has 0 saturated carbocycles. The molecule has 3 saturated heterocycles. The minimum Gasteiger partial charge on any atom is -0.462 e. The van der Waals surface area contributed by atoms with Crippen molar-refractivity contribution in [2.24, 2.45) is 28.8 Å². The SMILES string of the molecule is CO/N=C1/C[C@]2(C[C@@H]3C[C@@H](C/C=C(\C)C[C@@H](C)/C=C/C=C4\CO[C@H]5[C@H](O)C(C)=C[C@@H](C(=O)O3)[C@]45O)O2)O[C@H](/C(C)=C/C(C)C)[C@H]1C. The first kappa shape index (κ1) is 34.8. The van der Waals surface area contributed by atoms with Crippen LogP contribution in [0.1, 0.15) is 80.6 Å². The number of rotatable bonds is 3. The van der Waals surface area contributed by atoms with Gasteiger partial charge in [0.1, 0.15) is 36.9 Å². The second-order valence-electron chi connectivity index (χ2n) is 14.5. The zero-order chi connectivity index (χ0) is 33.4. The molecule has 2 bridgehead atoms. The first-order chi connectivity index (χ1) is 21.8. The molecule has 5 rings (SSSR count). The molecule has 3 fully saturated rings. The number of aliphatic hydroxyl groups excluding tert-OH is 1. The Balaban J connectivity index is 1.55. The molecule has 0 amide bonds. The molecule has 254 valence electrons. The van der Waals surface area contributed by atoms with Crippen LogP contribution in [0.25, 0.3) is 0 Å². The smallest absolute Gasteiger partial charge is 0.316 e. The lowest BCUT2D eigenvalue weighted by molar-refractivity contribution is -0.313. The van der Waals surface area contributed by atoms with Crippen molar-refractivity contribution in [3.63, 3.8) is 0 Å². The summed E-state index contributed by atoms with van der Waals surface area (Å²) in [5, 5.41) is 27.6. The summed E-state index contributed by atoms with van der Waals surface area (Å²) in [7, 11) is 1.55. The van der Waals surface area contributed by atoms with Gasteiger partial charge in [0, 0.05) is 25.2 Å². The van der Waals surface area contributed by atoms with Gasteiger partial charge in [-0.15, -0.1) is 0 Å². The zero-order valence-electron chi connectivity index (χ0n) is 28.7. The fourth-order valence-corrected chi connectivity index (χ4v) is 7.94. The summed E-state index contributed by atoms with van der Waals surface area (Å²) in [5.41, 5.74) is 2.54. The van der Waals surface area contributed by atoms with E-state index in [0.29, 0.717) is 42.7 Å². The summed E-state index contributed by atoms with van der Waals surface area (Å²) >= 11 is 0. The van der Waals surface area contributed by atoms with Gasteiger partial charge in [-0.05, 0) is 62.2 Å². The van der Waals surface area contributed by atoms with E-state index in [0.717, 1.165) is 17.7 Å². The van der Waals surface area contributed by atoms with Crippen LogP contribution < -0.4 is 0 Å². The van der Waals surface area contributed by atoms with Gasteiger partial charge >= 0.3 is 5.97 Å². The van der Waals surface area contributed by atoms with Crippen LogP contribution in [0.15, 0.2) is 63.9 Å². The summed E-state index contributed by atoms with van der Waals surface area (Å²) in [6, 6.07) is 0. The molecule has 4 heterocycles. The average molecular weight is 640 g/mol. The molecule has 0 aromatic heterocycles. The molecular formula is C37H53NO8. The van der Waals surface area contributed by atoms with Crippen LogP contribution in [0.4, 0.5) is 0 Å². The second-order valence-corrected chi connectivity index (χ2v) is 14.5. The van der Waals surface area contributed by atoms with Gasteiger partial charge in [-0.25, -0.2) is 0 Å². The second kappa shape index (κ2) is 13.9. The highest BCUT2D eigenvalue weighted by Crippen LogP contribution is 2.47. The normalized spacial score (nSPS) is 44.5. The maximum atomic E-state index is 14.2. The molecule has 9 nitrogen and oxygen atoms in total. The fraction of sp³-hybridized carbons (Fsp3) is 0.676. The lowest BCUT2D eigenvalue weighted by atomic mass is 9.71. The van der Waals surface area contributed by atoms with Crippen molar-refractivity contribution in [2.45, 2.75) is 122 Å². The highest BCUT2D eigenvalue weighted by molar-refractivity contribution is 5.88. The molecule has 0 unspecified atom stereocenters. The number of esters is 1. The Labute approximate surface area is 274 Å². The number of fused-ring (bicyclic) bond motifs is 2. The van der Waals surface area contributed by atoms with Crippen molar-refractivity contribution >= 4 is 11.7 Å².